The van der Waals surface area contributed by atoms with Gasteiger partial charge in [0, 0.05) is 39.6 Å². The first kappa shape index (κ1) is 14.5. The summed E-state index contributed by atoms with van der Waals surface area (Å²) in [5.41, 5.74) is 0. The van der Waals surface area contributed by atoms with Gasteiger partial charge in [-0.15, -0.1) is 0 Å². The molecule has 0 spiro atoms. The Morgan fingerprint density at radius 1 is 1.10 bits per heavy atom. The van der Waals surface area contributed by atoms with Gasteiger partial charge in [-0.3, -0.25) is 4.90 Å². The summed E-state index contributed by atoms with van der Waals surface area (Å²) in [5, 5.41) is 10.5. The molecule has 6 nitrogen and oxygen atoms in total. The quantitative estimate of drug-likeness (QED) is 0.879. The molecule has 21 heavy (non-hydrogen) atoms. The van der Waals surface area contributed by atoms with Crippen LogP contribution in [0.25, 0.3) is 0 Å². The van der Waals surface area contributed by atoms with Crippen molar-refractivity contribution in [1.82, 2.24) is 14.9 Å². The van der Waals surface area contributed by atoms with E-state index in [0.29, 0.717) is 6.54 Å². The molecule has 0 aromatic carbocycles. The van der Waals surface area contributed by atoms with Crippen molar-refractivity contribution in [1.29, 1.82) is 0 Å². The number of likely N-dealkylation sites (tertiary alicyclic amines) is 1. The zero-order chi connectivity index (χ0) is 14.8. The van der Waals surface area contributed by atoms with Crippen LogP contribution in [0.2, 0.25) is 0 Å². The molecular weight excluding hydrogens is 266 g/mol. The number of hydrogen-bond acceptors (Lipinski definition) is 6. The molecule has 2 atom stereocenters. The third kappa shape index (κ3) is 2.96. The van der Waals surface area contributed by atoms with Crippen LogP contribution in [-0.2, 0) is 0 Å². The molecule has 6 heteroatoms. The summed E-state index contributed by atoms with van der Waals surface area (Å²) in [7, 11) is 3.95. The van der Waals surface area contributed by atoms with Crippen LogP contribution in [0.1, 0.15) is 19.3 Å². The van der Waals surface area contributed by atoms with Gasteiger partial charge in [-0.2, -0.15) is 0 Å². The number of rotatable bonds is 3. The van der Waals surface area contributed by atoms with E-state index in [0.717, 1.165) is 31.3 Å². The Kier molecular flexibility index (Phi) is 4.26. The van der Waals surface area contributed by atoms with Crippen LogP contribution in [0.5, 0.6) is 0 Å². The van der Waals surface area contributed by atoms with Crippen molar-refractivity contribution in [2.75, 3.05) is 50.1 Å². The van der Waals surface area contributed by atoms with Gasteiger partial charge in [0.2, 0.25) is 0 Å². The van der Waals surface area contributed by atoms with Crippen molar-refractivity contribution in [3.8, 4) is 0 Å². The fourth-order valence-corrected chi connectivity index (χ4v) is 3.41. The molecule has 2 saturated heterocycles. The maximum absolute atomic E-state index is 10.5. The Morgan fingerprint density at radius 2 is 1.81 bits per heavy atom. The molecule has 0 unspecified atom stereocenters. The predicted octanol–water partition coefficient (Wildman–Crippen LogP) is 0.578. The molecule has 0 saturated carbocycles. The summed E-state index contributed by atoms with van der Waals surface area (Å²) in [6.45, 7) is 3.69. The Morgan fingerprint density at radius 3 is 2.52 bits per heavy atom. The highest BCUT2D eigenvalue weighted by Gasteiger charge is 2.37. The summed E-state index contributed by atoms with van der Waals surface area (Å²) < 4.78 is 0. The number of piperidine rings is 1. The highest BCUT2D eigenvalue weighted by atomic mass is 16.3. The molecule has 0 radical (unpaired) electrons. The number of aliphatic hydroxyl groups excluding tert-OH is 1. The second-order valence-corrected chi connectivity index (χ2v) is 6.23. The summed E-state index contributed by atoms with van der Waals surface area (Å²) >= 11 is 0. The van der Waals surface area contributed by atoms with Crippen molar-refractivity contribution < 1.29 is 5.11 Å². The average Bonchev–Trinajstić information content (AvgIpc) is 2.90. The molecule has 0 bridgehead atoms. The summed E-state index contributed by atoms with van der Waals surface area (Å²) in [4.78, 5) is 15.5. The lowest BCUT2D eigenvalue weighted by molar-refractivity contribution is 0.0706. The van der Waals surface area contributed by atoms with Gasteiger partial charge in [-0.1, -0.05) is 6.42 Å². The van der Waals surface area contributed by atoms with E-state index in [1.54, 1.807) is 12.4 Å². The highest BCUT2D eigenvalue weighted by molar-refractivity contribution is 5.62. The van der Waals surface area contributed by atoms with Gasteiger partial charge in [0.1, 0.15) is 0 Å². The molecule has 1 N–H and O–H groups in total. The number of hydrogen-bond donors (Lipinski definition) is 1. The molecule has 116 valence electrons. The Hall–Kier alpha value is -1.40. The first-order valence-corrected chi connectivity index (χ1v) is 7.82. The lowest BCUT2D eigenvalue weighted by atomic mass is 10.1. The SMILES string of the molecule is CN(C)c1nccnc1N1C[C@H](O)[C@@H](N2CCCCC2)C1. The number of aromatic nitrogens is 2. The minimum atomic E-state index is -0.305. The Labute approximate surface area is 126 Å². The summed E-state index contributed by atoms with van der Waals surface area (Å²) in [6, 6.07) is 0.224. The largest absolute Gasteiger partial charge is 0.390 e. The minimum Gasteiger partial charge on any atom is -0.390 e. The van der Waals surface area contributed by atoms with Crippen LogP contribution in [0.4, 0.5) is 11.6 Å². The average molecular weight is 291 g/mol. The predicted molar refractivity (Wildman–Crippen MR) is 83.8 cm³/mol. The standard InChI is InChI=1S/C15H25N5O/c1-18(2)14-15(17-7-6-16-14)20-10-12(13(21)11-20)19-8-4-3-5-9-19/h6-7,12-13,21H,3-5,8-11H2,1-2H3/t12-,13-/m0/s1. The van der Waals surface area contributed by atoms with E-state index >= 15 is 0 Å². The maximum Gasteiger partial charge on any atom is 0.172 e. The first-order chi connectivity index (χ1) is 10.2. The van der Waals surface area contributed by atoms with Crippen LogP contribution in [0.3, 0.4) is 0 Å². The number of β-amino-alcohol motifs (C(OH)–C–C–N with tert-alkyl or cyclic N) is 1. The van der Waals surface area contributed by atoms with E-state index in [4.69, 9.17) is 0 Å². The summed E-state index contributed by atoms with van der Waals surface area (Å²) in [6.07, 6.45) is 6.95. The lowest BCUT2D eigenvalue weighted by Crippen LogP contribution is -2.45. The van der Waals surface area contributed by atoms with Crippen molar-refractivity contribution in [2.45, 2.75) is 31.4 Å². The third-order valence-electron chi connectivity index (χ3n) is 4.50. The molecule has 3 heterocycles. The van der Waals surface area contributed by atoms with Crippen LogP contribution < -0.4 is 9.80 Å². The van der Waals surface area contributed by atoms with E-state index in [2.05, 4.69) is 19.8 Å². The molecule has 0 amide bonds. The van der Waals surface area contributed by atoms with Crippen molar-refractivity contribution in [3.05, 3.63) is 12.4 Å². The normalized spacial score (nSPS) is 27.1. The highest BCUT2D eigenvalue weighted by Crippen LogP contribution is 2.28. The van der Waals surface area contributed by atoms with Gasteiger partial charge in [0.05, 0.1) is 12.1 Å². The Bertz CT molecular complexity index is 475. The van der Waals surface area contributed by atoms with Gasteiger partial charge in [-0.05, 0) is 25.9 Å². The first-order valence-electron chi connectivity index (χ1n) is 7.82. The molecule has 3 rings (SSSR count). The third-order valence-corrected chi connectivity index (χ3v) is 4.50. The molecule has 2 fully saturated rings. The van der Waals surface area contributed by atoms with E-state index in [1.165, 1.54) is 19.3 Å². The fourth-order valence-electron chi connectivity index (χ4n) is 3.41. The molecule has 1 aromatic rings. The number of anilines is 2. The van der Waals surface area contributed by atoms with Crippen molar-refractivity contribution >= 4 is 11.6 Å². The zero-order valence-corrected chi connectivity index (χ0v) is 12.9. The van der Waals surface area contributed by atoms with Gasteiger partial charge in [0.15, 0.2) is 11.6 Å². The van der Waals surface area contributed by atoms with E-state index < -0.39 is 0 Å². The molecular formula is C15H25N5O. The zero-order valence-electron chi connectivity index (χ0n) is 12.9. The fraction of sp³-hybridized carbons (Fsp3) is 0.733. The Balaban J connectivity index is 1.76. The smallest absolute Gasteiger partial charge is 0.172 e. The monoisotopic (exact) mass is 291 g/mol. The summed E-state index contributed by atoms with van der Waals surface area (Å²) in [5.74, 6) is 1.74. The van der Waals surface area contributed by atoms with Gasteiger partial charge < -0.3 is 14.9 Å². The van der Waals surface area contributed by atoms with Gasteiger partial charge >= 0.3 is 0 Å². The molecule has 2 aliphatic heterocycles. The van der Waals surface area contributed by atoms with E-state index in [1.807, 2.05) is 19.0 Å². The van der Waals surface area contributed by atoms with Crippen LogP contribution in [-0.4, -0.2) is 72.4 Å². The van der Waals surface area contributed by atoms with Crippen molar-refractivity contribution in [3.63, 3.8) is 0 Å². The van der Waals surface area contributed by atoms with E-state index in [-0.39, 0.29) is 12.1 Å². The second kappa shape index (κ2) is 6.15. The molecule has 2 aliphatic rings. The lowest BCUT2D eigenvalue weighted by Gasteiger charge is -2.33. The maximum atomic E-state index is 10.5. The van der Waals surface area contributed by atoms with Crippen molar-refractivity contribution in [2.24, 2.45) is 0 Å². The number of aliphatic hydroxyl groups is 1. The number of nitrogens with zero attached hydrogens (tertiary/aromatic N) is 5. The van der Waals surface area contributed by atoms with Gasteiger partial charge in [-0.25, -0.2) is 9.97 Å². The van der Waals surface area contributed by atoms with Crippen LogP contribution in [0, 0.1) is 0 Å². The second-order valence-electron chi connectivity index (χ2n) is 6.23. The minimum absolute atomic E-state index is 0.224. The topological polar surface area (TPSA) is 55.7 Å². The van der Waals surface area contributed by atoms with E-state index in [9.17, 15) is 5.11 Å². The molecule has 0 aliphatic carbocycles. The van der Waals surface area contributed by atoms with Crippen LogP contribution >= 0.6 is 0 Å². The van der Waals surface area contributed by atoms with Gasteiger partial charge in [0.25, 0.3) is 0 Å². The van der Waals surface area contributed by atoms with Crippen LogP contribution in [0.15, 0.2) is 12.4 Å². The molecule has 1 aromatic heterocycles.